The first-order valence-electron chi connectivity index (χ1n) is 6.70. The smallest absolute Gasteiger partial charge is 0.144 e. The van der Waals surface area contributed by atoms with Crippen LogP contribution in [0, 0.1) is 16.7 Å². The average Bonchev–Trinajstić information content (AvgIpc) is 2.44. The van der Waals surface area contributed by atoms with Gasteiger partial charge in [-0.15, -0.1) is 0 Å². The number of nitrogens with zero attached hydrogens (tertiary/aromatic N) is 2. The Kier molecular flexibility index (Phi) is 4.21. The maximum atomic E-state index is 9.24. The topological polar surface area (TPSA) is 68.9 Å². The van der Waals surface area contributed by atoms with Crippen molar-refractivity contribution in [1.29, 1.82) is 5.26 Å². The number of aliphatic hydroxyl groups excluding tert-OH is 1. The molecule has 4 nitrogen and oxygen atoms in total. The molecule has 0 bridgehead atoms. The summed E-state index contributed by atoms with van der Waals surface area (Å²) >= 11 is 0. The molecule has 2 aromatic rings. The van der Waals surface area contributed by atoms with Crippen molar-refractivity contribution in [2.45, 2.75) is 20.3 Å². The first-order valence-corrected chi connectivity index (χ1v) is 6.70. The molecular formula is C16H19N3O. The van der Waals surface area contributed by atoms with E-state index in [-0.39, 0.29) is 12.0 Å². The Bertz CT molecular complexity index is 644. The Balaban J connectivity index is 2.27. The van der Waals surface area contributed by atoms with E-state index in [9.17, 15) is 5.26 Å². The van der Waals surface area contributed by atoms with Crippen molar-refractivity contribution >= 4 is 16.7 Å². The van der Waals surface area contributed by atoms with Crippen LogP contribution in [0.1, 0.15) is 25.8 Å². The molecule has 0 saturated heterocycles. The van der Waals surface area contributed by atoms with Gasteiger partial charge in [-0.25, -0.2) is 4.98 Å². The molecule has 0 atom stereocenters. The lowest BCUT2D eigenvalue weighted by molar-refractivity contribution is 0.220. The second-order valence-corrected chi connectivity index (χ2v) is 5.68. The zero-order valence-corrected chi connectivity index (χ0v) is 11.8. The Morgan fingerprint density at radius 2 is 2.10 bits per heavy atom. The number of fused-ring (bicyclic) bond motifs is 1. The lowest BCUT2D eigenvalue weighted by Gasteiger charge is -2.24. The summed E-state index contributed by atoms with van der Waals surface area (Å²) in [5, 5.41) is 22.5. The molecule has 2 N–H and O–H groups in total. The van der Waals surface area contributed by atoms with Gasteiger partial charge in [-0.3, -0.25) is 0 Å². The van der Waals surface area contributed by atoms with Crippen LogP contribution in [-0.4, -0.2) is 23.2 Å². The third-order valence-electron chi connectivity index (χ3n) is 3.37. The summed E-state index contributed by atoms with van der Waals surface area (Å²) < 4.78 is 0. The molecule has 0 spiro atoms. The lowest BCUT2D eigenvalue weighted by atomic mass is 9.90. The Morgan fingerprint density at radius 1 is 1.35 bits per heavy atom. The molecule has 0 saturated carbocycles. The van der Waals surface area contributed by atoms with Crippen molar-refractivity contribution in [1.82, 2.24) is 4.98 Å². The molecule has 1 heterocycles. The average molecular weight is 269 g/mol. The minimum absolute atomic E-state index is 0.0468. The van der Waals surface area contributed by atoms with Crippen molar-refractivity contribution in [2.75, 3.05) is 18.5 Å². The van der Waals surface area contributed by atoms with Crippen LogP contribution in [0.3, 0.4) is 0 Å². The van der Waals surface area contributed by atoms with Crippen LogP contribution in [0.5, 0.6) is 0 Å². The summed E-state index contributed by atoms with van der Waals surface area (Å²) in [5.41, 5.74) is 1.37. The number of aliphatic hydroxyl groups is 1. The molecule has 0 radical (unpaired) electrons. The lowest BCUT2D eigenvalue weighted by Crippen LogP contribution is -2.25. The fraction of sp³-hybridized carbons (Fsp3) is 0.375. The summed E-state index contributed by atoms with van der Waals surface area (Å²) in [7, 11) is 0. The second-order valence-electron chi connectivity index (χ2n) is 5.68. The maximum Gasteiger partial charge on any atom is 0.144 e. The maximum absolute atomic E-state index is 9.24. The number of nitrogens with one attached hydrogen (secondary N) is 1. The van der Waals surface area contributed by atoms with Crippen LogP contribution in [0.15, 0.2) is 30.3 Å². The van der Waals surface area contributed by atoms with Crippen LogP contribution in [0.2, 0.25) is 0 Å². The number of benzene rings is 1. The van der Waals surface area contributed by atoms with Crippen molar-refractivity contribution < 1.29 is 5.11 Å². The van der Waals surface area contributed by atoms with Gasteiger partial charge in [0, 0.05) is 18.5 Å². The zero-order chi connectivity index (χ0) is 14.6. The minimum atomic E-state index is -0.0468. The van der Waals surface area contributed by atoms with Crippen molar-refractivity contribution in [3.05, 3.63) is 35.9 Å². The summed E-state index contributed by atoms with van der Waals surface area (Å²) in [6.45, 7) is 4.96. The van der Waals surface area contributed by atoms with Gasteiger partial charge >= 0.3 is 0 Å². The van der Waals surface area contributed by atoms with Crippen molar-refractivity contribution in [3.8, 4) is 6.07 Å². The monoisotopic (exact) mass is 269 g/mol. The largest absolute Gasteiger partial charge is 0.396 e. The SMILES string of the molecule is CC(C)(CCO)CNc1nc2ccccc2cc1C#N. The first-order chi connectivity index (χ1) is 9.55. The van der Waals surface area contributed by atoms with Crippen LogP contribution >= 0.6 is 0 Å². The van der Waals surface area contributed by atoms with Crippen LogP contribution in [-0.2, 0) is 0 Å². The predicted octanol–water partition coefficient (Wildman–Crippen LogP) is 2.93. The first kappa shape index (κ1) is 14.3. The van der Waals surface area contributed by atoms with E-state index in [0.29, 0.717) is 24.3 Å². The molecule has 1 aromatic heterocycles. The van der Waals surface area contributed by atoms with E-state index in [1.807, 2.05) is 30.3 Å². The number of nitriles is 1. The van der Waals surface area contributed by atoms with E-state index in [2.05, 4.69) is 30.2 Å². The Morgan fingerprint density at radius 3 is 2.80 bits per heavy atom. The predicted molar refractivity (Wildman–Crippen MR) is 80.4 cm³/mol. The molecule has 2 rings (SSSR count). The van der Waals surface area contributed by atoms with E-state index in [1.165, 1.54) is 0 Å². The van der Waals surface area contributed by atoms with Crippen molar-refractivity contribution in [3.63, 3.8) is 0 Å². The normalized spacial score (nSPS) is 11.3. The number of pyridine rings is 1. The third-order valence-corrected chi connectivity index (χ3v) is 3.37. The Labute approximate surface area is 119 Å². The fourth-order valence-electron chi connectivity index (χ4n) is 2.05. The van der Waals surface area contributed by atoms with Gasteiger partial charge < -0.3 is 10.4 Å². The Hall–Kier alpha value is -2.12. The molecule has 104 valence electrons. The van der Waals surface area contributed by atoms with Crippen LogP contribution < -0.4 is 5.32 Å². The highest BCUT2D eigenvalue weighted by atomic mass is 16.3. The van der Waals surface area contributed by atoms with E-state index in [4.69, 9.17) is 5.11 Å². The standard InChI is InChI=1S/C16H19N3O/c1-16(2,7-8-20)11-18-15-13(10-17)9-12-5-3-4-6-14(12)19-15/h3-6,9,20H,7-8,11H2,1-2H3,(H,18,19). The molecule has 20 heavy (non-hydrogen) atoms. The molecule has 0 unspecified atom stereocenters. The number of aromatic nitrogens is 1. The fourth-order valence-corrected chi connectivity index (χ4v) is 2.05. The molecular weight excluding hydrogens is 250 g/mol. The number of para-hydroxylation sites is 1. The molecule has 0 aliphatic carbocycles. The van der Waals surface area contributed by atoms with Crippen LogP contribution in [0.25, 0.3) is 10.9 Å². The van der Waals surface area contributed by atoms with Gasteiger partial charge in [0.15, 0.2) is 0 Å². The number of rotatable bonds is 5. The molecule has 0 fully saturated rings. The number of hydrogen-bond acceptors (Lipinski definition) is 4. The molecule has 1 aromatic carbocycles. The summed E-state index contributed by atoms with van der Waals surface area (Å²) in [4.78, 5) is 4.51. The molecule has 0 aliphatic rings. The highest BCUT2D eigenvalue weighted by Gasteiger charge is 2.18. The van der Waals surface area contributed by atoms with Gasteiger partial charge in [0.2, 0.25) is 0 Å². The van der Waals surface area contributed by atoms with Gasteiger partial charge in [-0.1, -0.05) is 32.0 Å². The minimum Gasteiger partial charge on any atom is -0.396 e. The second kappa shape index (κ2) is 5.89. The third kappa shape index (κ3) is 3.25. The van der Waals surface area contributed by atoms with E-state index in [1.54, 1.807) is 0 Å². The molecule has 0 amide bonds. The summed E-state index contributed by atoms with van der Waals surface area (Å²) in [6.07, 6.45) is 0.704. The quantitative estimate of drug-likeness (QED) is 0.875. The van der Waals surface area contributed by atoms with Gasteiger partial charge in [0.25, 0.3) is 0 Å². The van der Waals surface area contributed by atoms with Crippen LogP contribution in [0.4, 0.5) is 5.82 Å². The number of anilines is 1. The van der Waals surface area contributed by atoms with Gasteiger partial charge in [0.1, 0.15) is 11.9 Å². The highest BCUT2D eigenvalue weighted by molar-refractivity contribution is 5.82. The van der Waals surface area contributed by atoms with E-state index < -0.39 is 0 Å². The van der Waals surface area contributed by atoms with Crippen molar-refractivity contribution in [2.24, 2.45) is 5.41 Å². The van der Waals surface area contributed by atoms with E-state index >= 15 is 0 Å². The highest BCUT2D eigenvalue weighted by Crippen LogP contribution is 2.23. The molecule has 0 aliphatic heterocycles. The zero-order valence-electron chi connectivity index (χ0n) is 11.8. The summed E-state index contributed by atoms with van der Waals surface area (Å²) in [6, 6.07) is 11.8. The van der Waals surface area contributed by atoms with E-state index in [0.717, 1.165) is 10.9 Å². The number of hydrogen-bond donors (Lipinski definition) is 2. The van der Waals surface area contributed by atoms with Gasteiger partial charge in [-0.05, 0) is 24.0 Å². The van der Waals surface area contributed by atoms with Gasteiger partial charge in [0.05, 0.1) is 11.1 Å². The van der Waals surface area contributed by atoms with Gasteiger partial charge in [-0.2, -0.15) is 5.26 Å². The summed E-state index contributed by atoms with van der Waals surface area (Å²) in [5.74, 6) is 0.609. The molecule has 4 heteroatoms.